The van der Waals surface area contributed by atoms with Crippen molar-refractivity contribution in [3.8, 4) is 11.5 Å². The van der Waals surface area contributed by atoms with Crippen LogP contribution in [-0.4, -0.2) is 59.9 Å². The van der Waals surface area contributed by atoms with Gasteiger partial charge in [-0.2, -0.15) is 0 Å². The third-order valence-corrected chi connectivity index (χ3v) is 5.49. The topological polar surface area (TPSA) is 109 Å². The number of nitrogens with zero attached hydrogens (tertiary/aromatic N) is 1. The van der Waals surface area contributed by atoms with Crippen LogP contribution >= 0.6 is 0 Å². The molecule has 1 atom stereocenters. The maximum atomic E-state index is 13.3. The summed E-state index contributed by atoms with van der Waals surface area (Å²) in [6.07, 6.45) is 1.72. The van der Waals surface area contributed by atoms with E-state index >= 15 is 0 Å². The van der Waals surface area contributed by atoms with Crippen LogP contribution in [0.25, 0.3) is 0 Å². The van der Waals surface area contributed by atoms with Gasteiger partial charge in [-0.25, -0.2) is 4.79 Å². The van der Waals surface area contributed by atoms with Gasteiger partial charge in [0.2, 0.25) is 0 Å². The Bertz CT molecular complexity index is 907. The highest BCUT2D eigenvalue weighted by atomic mass is 16.5. The zero-order chi connectivity index (χ0) is 23.9. The molecule has 1 unspecified atom stereocenters. The van der Waals surface area contributed by atoms with Gasteiger partial charge in [-0.3, -0.25) is 4.79 Å². The summed E-state index contributed by atoms with van der Waals surface area (Å²) in [5.74, 6) is 1.29. The maximum absolute atomic E-state index is 13.3. The molecule has 0 fully saturated rings. The number of benzene rings is 1. The third-order valence-electron chi connectivity index (χ3n) is 5.49. The predicted molar refractivity (Wildman–Crippen MR) is 119 cm³/mol. The van der Waals surface area contributed by atoms with Crippen LogP contribution in [0.1, 0.15) is 53.6 Å². The van der Waals surface area contributed by atoms with E-state index in [2.05, 4.69) is 0 Å². The molecule has 0 aliphatic heterocycles. The number of furan rings is 1. The fourth-order valence-corrected chi connectivity index (χ4v) is 3.49. The molecule has 2 rings (SSSR count). The van der Waals surface area contributed by atoms with Gasteiger partial charge in [0.25, 0.3) is 5.91 Å². The van der Waals surface area contributed by atoms with Crippen LogP contribution in [0.5, 0.6) is 11.5 Å². The summed E-state index contributed by atoms with van der Waals surface area (Å²) in [5, 5.41) is 19.1. The molecule has 1 aromatic carbocycles. The van der Waals surface area contributed by atoms with Crippen molar-refractivity contribution in [2.24, 2.45) is 0 Å². The average Bonchev–Trinajstić information content (AvgIpc) is 3.17. The lowest BCUT2D eigenvalue weighted by atomic mass is 10.00. The fraction of sp³-hybridized carbons (Fsp3) is 0.500. The lowest BCUT2D eigenvalue weighted by Crippen LogP contribution is -2.38. The smallest absolute Gasteiger partial charge is 0.335 e. The first-order valence-corrected chi connectivity index (χ1v) is 10.6. The largest absolute Gasteiger partial charge is 0.496 e. The first-order valence-electron chi connectivity index (χ1n) is 10.6. The van der Waals surface area contributed by atoms with Gasteiger partial charge in [-0.15, -0.1) is 0 Å². The molecule has 0 bridgehead atoms. The van der Waals surface area contributed by atoms with E-state index in [-0.39, 0.29) is 12.3 Å². The summed E-state index contributed by atoms with van der Waals surface area (Å²) in [7, 11) is 3.07. The number of aryl methyl sites for hydroxylation is 2. The zero-order valence-corrected chi connectivity index (χ0v) is 19.4. The normalized spacial score (nSPS) is 12.8. The van der Waals surface area contributed by atoms with E-state index in [9.17, 15) is 14.7 Å². The Morgan fingerprint density at radius 3 is 2.16 bits per heavy atom. The summed E-state index contributed by atoms with van der Waals surface area (Å²) in [6, 6.07) is 7.17. The van der Waals surface area contributed by atoms with Crippen LogP contribution in [-0.2, 0) is 11.2 Å². The van der Waals surface area contributed by atoms with Crippen molar-refractivity contribution in [1.82, 2.24) is 4.90 Å². The lowest BCUT2D eigenvalue weighted by molar-refractivity contribution is -0.157. The molecule has 8 nitrogen and oxygen atoms in total. The predicted octanol–water partition coefficient (Wildman–Crippen LogP) is 3.60. The number of rotatable bonds is 12. The molecule has 32 heavy (non-hydrogen) atoms. The van der Waals surface area contributed by atoms with Crippen molar-refractivity contribution in [3.05, 3.63) is 46.9 Å². The highest BCUT2D eigenvalue weighted by Crippen LogP contribution is 2.30. The van der Waals surface area contributed by atoms with Gasteiger partial charge < -0.3 is 29.0 Å². The number of ether oxygens (including phenoxy) is 2. The minimum absolute atomic E-state index is 0.0318. The van der Waals surface area contributed by atoms with Gasteiger partial charge in [-0.1, -0.05) is 0 Å². The molecule has 176 valence electrons. The Kier molecular flexibility index (Phi) is 8.72. The number of aliphatic hydroxyl groups is 1. The highest BCUT2D eigenvalue weighted by Gasteiger charge is 2.29. The second-order valence-corrected chi connectivity index (χ2v) is 8.10. The average molecular weight is 448 g/mol. The Balaban J connectivity index is 2.17. The number of carbonyl (C=O) groups is 2. The Labute approximate surface area is 188 Å². The molecule has 0 aliphatic rings. The van der Waals surface area contributed by atoms with Gasteiger partial charge >= 0.3 is 5.97 Å². The van der Waals surface area contributed by atoms with Gasteiger partial charge in [0, 0.05) is 30.6 Å². The minimum Gasteiger partial charge on any atom is -0.496 e. The molecule has 1 amide bonds. The van der Waals surface area contributed by atoms with Crippen LogP contribution in [0.3, 0.4) is 0 Å². The molecule has 0 aliphatic carbocycles. The van der Waals surface area contributed by atoms with Crippen molar-refractivity contribution in [2.75, 3.05) is 27.3 Å². The first kappa shape index (κ1) is 25.3. The molecular formula is C24H33NO7. The summed E-state index contributed by atoms with van der Waals surface area (Å²) in [5.41, 5.74) is -0.622. The van der Waals surface area contributed by atoms with E-state index in [1.54, 1.807) is 17.0 Å². The lowest BCUT2D eigenvalue weighted by Gasteiger charge is -2.25. The number of aliphatic carboxylic acids is 1. The van der Waals surface area contributed by atoms with Gasteiger partial charge in [0.1, 0.15) is 23.0 Å². The van der Waals surface area contributed by atoms with Crippen LogP contribution in [0.4, 0.5) is 0 Å². The molecule has 1 aromatic heterocycles. The molecule has 1 heterocycles. The molecule has 2 N–H and O–H groups in total. The number of carboxylic acids is 1. The third kappa shape index (κ3) is 6.50. The van der Waals surface area contributed by atoms with Crippen LogP contribution in [0.15, 0.2) is 28.7 Å². The SMILES string of the molecule is COc1cc(C(=O)N(CCCc2ccc(C)o2)CCCC(C)(O)C(=O)O)cc(OC)c1C. The number of carboxylic acid groups (broad SMARTS) is 1. The Morgan fingerprint density at radius 2 is 1.66 bits per heavy atom. The number of hydrogen-bond acceptors (Lipinski definition) is 6. The van der Waals surface area contributed by atoms with Gasteiger partial charge in [-0.05, 0) is 64.3 Å². The van der Waals surface area contributed by atoms with E-state index in [1.807, 2.05) is 26.0 Å². The number of carbonyl (C=O) groups excluding carboxylic acids is 1. The van der Waals surface area contributed by atoms with Crippen molar-refractivity contribution in [3.63, 3.8) is 0 Å². The number of amides is 1. The summed E-state index contributed by atoms with van der Waals surface area (Å²) >= 11 is 0. The maximum Gasteiger partial charge on any atom is 0.335 e. The molecular weight excluding hydrogens is 414 g/mol. The Morgan fingerprint density at radius 1 is 1.06 bits per heavy atom. The molecule has 0 saturated carbocycles. The highest BCUT2D eigenvalue weighted by molar-refractivity contribution is 5.95. The standard InChI is InChI=1S/C24H33NO7/c1-16-9-10-19(32-16)8-6-12-25(13-7-11-24(3,29)23(27)28)22(26)18-14-20(30-4)17(2)21(15-18)31-5/h9-10,14-15,29H,6-8,11-13H2,1-5H3,(H,27,28). The molecule has 0 spiro atoms. The van der Waals surface area contributed by atoms with Gasteiger partial charge in [0.15, 0.2) is 5.60 Å². The van der Waals surface area contributed by atoms with E-state index in [0.29, 0.717) is 49.4 Å². The van der Waals surface area contributed by atoms with Crippen LogP contribution in [0.2, 0.25) is 0 Å². The number of methoxy groups -OCH3 is 2. The molecule has 0 radical (unpaired) electrons. The molecule has 2 aromatic rings. The van der Waals surface area contributed by atoms with Crippen molar-refractivity contribution >= 4 is 11.9 Å². The monoisotopic (exact) mass is 447 g/mol. The van der Waals surface area contributed by atoms with E-state index in [1.165, 1.54) is 21.1 Å². The molecule has 8 heteroatoms. The summed E-state index contributed by atoms with van der Waals surface area (Å²) in [4.78, 5) is 26.2. The van der Waals surface area contributed by atoms with Gasteiger partial charge in [0.05, 0.1) is 14.2 Å². The summed E-state index contributed by atoms with van der Waals surface area (Å²) < 4.78 is 16.4. The van der Waals surface area contributed by atoms with Crippen molar-refractivity contribution < 1.29 is 33.7 Å². The summed E-state index contributed by atoms with van der Waals surface area (Å²) in [6.45, 7) is 5.75. The molecule has 0 saturated heterocycles. The first-order chi connectivity index (χ1) is 15.1. The van der Waals surface area contributed by atoms with E-state index in [0.717, 1.165) is 17.1 Å². The second kappa shape index (κ2) is 11.0. The number of hydrogen-bond donors (Lipinski definition) is 2. The van der Waals surface area contributed by atoms with E-state index in [4.69, 9.17) is 19.0 Å². The quantitative estimate of drug-likeness (QED) is 0.511. The second-order valence-electron chi connectivity index (χ2n) is 8.10. The van der Waals surface area contributed by atoms with Crippen molar-refractivity contribution in [2.45, 2.75) is 52.1 Å². The zero-order valence-electron chi connectivity index (χ0n) is 19.4. The van der Waals surface area contributed by atoms with Crippen LogP contribution < -0.4 is 9.47 Å². The minimum atomic E-state index is -1.84. The Hall–Kier alpha value is -3.00. The van der Waals surface area contributed by atoms with Crippen molar-refractivity contribution in [1.29, 1.82) is 0 Å². The van der Waals surface area contributed by atoms with Crippen LogP contribution in [0, 0.1) is 13.8 Å². The fourth-order valence-electron chi connectivity index (χ4n) is 3.49. The van der Waals surface area contributed by atoms with E-state index < -0.39 is 11.6 Å².